The normalized spacial score (nSPS) is 14.0. The Balaban J connectivity index is 3.20. The van der Waals surface area contributed by atoms with E-state index in [-0.39, 0.29) is 5.56 Å². The Kier molecular flexibility index (Phi) is 5.75. The lowest BCUT2D eigenvalue weighted by atomic mass is 9.93. The molecule has 3 N–H and O–H groups in total. The highest BCUT2D eigenvalue weighted by atomic mass is 19.4. The van der Waals surface area contributed by atoms with Crippen molar-refractivity contribution in [2.45, 2.75) is 25.3 Å². The van der Waals surface area contributed by atoms with Crippen LogP contribution in [-0.2, 0) is 20.4 Å². The molecular weight excluding hydrogens is 307 g/mol. The summed E-state index contributed by atoms with van der Waals surface area (Å²) < 4.78 is 48.0. The van der Waals surface area contributed by atoms with Crippen molar-refractivity contribution >= 4 is 12.1 Å². The molecule has 0 aliphatic carbocycles. The van der Waals surface area contributed by atoms with Crippen LogP contribution in [0.2, 0.25) is 0 Å². The second-order valence-electron chi connectivity index (χ2n) is 4.32. The molecule has 0 saturated heterocycles. The molecule has 0 heterocycles. The maximum atomic E-state index is 13.0. The zero-order chi connectivity index (χ0) is 16.9. The molecule has 0 radical (unpaired) electrons. The first-order chi connectivity index (χ1) is 10.1. The number of aliphatic hydroxyl groups excluding tert-OH is 1. The van der Waals surface area contributed by atoms with Crippen molar-refractivity contribution in [3.63, 3.8) is 0 Å². The van der Waals surface area contributed by atoms with E-state index in [1.165, 1.54) is 6.07 Å². The van der Waals surface area contributed by atoms with Crippen molar-refractivity contribution in [3.05, 3.63) is 35.4 Å². The van der Waals surface area contributed by atoms with Gasteiger partial charge in [0.05, 0.1) is 11.5 Å². The Morgan fingerprint density at radius 2 is 1.91 bits per heavy atom. The third-order valence-electron chi connectivity index (χ3n) is 2.71. The summed E-state index contributed by atoms with van der Waals surface area (Å²) in [5, 5.41) is 9.75. The molecular formula is C13H14F3NO5. The quantitative estimate of drug-likeness (QED) is 0.636. The largest absolute Gasteiger partial charge is 0.465 e. The number of amides is 1. The van der Waals surface area contributed by atoms with E-state index in [0.717, 1.165) is 25.1 Å². The Bertz CT molecular complexity index is 547. The van der Waals surface area contributed by atoms with E-state index in [1.807, 2.05) is 0 Å². The first kappa shape index (κ1) is 17.8. The van der Waals surface area contributed by atoms with Gasteiger partial charge in [-0.05, 0) is 11.6 Å². The number of ether oxygens (including phenoxy) is 2. The number of carbonyl (C=O) groups is 2. The third-order valence-corrected chi connectivity index (χ3v) is 2.71. The van der Waals surface area contributed by atoms with Gasteiger partial charge in [0.15, 0.2) is 0 Å². The maximum absolute atomic E-state index is 13.0. The van der Waals surface area contributed by atoms with E-state index in [4.69, 9.17) is 5.73 Å². The summed E-state index contributed by atoms with van der Waals surface area (Å²) in [7, 11) is 0. The smallest absolute Gasteiger partial charge is 0.416 e. The van der Waals surface area contributed by atoms with Crippen LogP contribution in [0.4, 0.5) is 18.0 Å². The minimum Gasteiger partial charge on any atom is -0.465 e. The molecule has 2 atom stereocenters. The van der Waals surface area contributed by atoms with Crippen LogP contribution in [0.5, 0.6) is 0 Å². The highest BCUT2D eigenvalue weighted by Gasteiger charge is 2.37. The van der Waals surface area contributed by atoms with E-state index in [1.54, 1.807) is 0 Å². The Hall–Kier alpha value is -2.29. The number of aliphatic hydroxyl groups is 1. The number of halogens is 3. The summed E-state index contributed by atoms with van der Waals surface area (Å²) in [6.07, 6.45) is -8.07. The lowest BCUT2D eigenvalue weighted by Gasteiger charge is -2.24. The van der Waals surface area contributed by atoms with Crippen molar-refractivity contribution in [3.8, 4) is 0 Å². The SMILES string of the molecule is CC(=O)OCC(c1ccccc1C(F)(F)F)C(O)OC(N)=O. The van der Waals surface area contributed by atoms with Gasteiger partial charge in [-0.15, -0.1) is 0 Å². The molecule has 0 aromatic heterocycles. The predicted molar refractivity (Wildman–Crippen MR) is 67.5 cm³/mol. The van der Waals surface area contributed by atoms with Gasteiger partial charge < -0.3 is 20.3 Å². The van der Waals surface area contributed by atoms with Crippen molar-refractivity contribution in [2.75, 3.05) is 6.61 Å². The number of hydrogen-bond acceptors (Lipinski definition) is 5. The van der Waals surface area contributed by atoms with Crippen LogP contribution in [0.15, 0.2) is 24.3 Å². The number of esters is 1. The standard InChI is InChI=1S/C13H14F3NO5/c1-7(18)21-6-9(11(19)22-12(17)20)8-4-2-3-5-10(8)13(14,15)16/h2-5,9,11,19H,6H2,1H3,(H2,17,20). The number of hydrogen-bond donors (Lipinski definition) is 2. The number of primary amides is 1. The van der Waals surface area contributed by atoms with Crippen molar-refractivity contribution < 1.29 is 37.3 Å². The van der Waals surface area contributed by atoms with Gasteiger partial charge in [0, 0.05) is 6.92 Å². The number of benzene rings is 1. The van der Waals surface area contributed by atoms with Gasteiger partial charge in [-0.3, -0.25) is 4.79 Å². The minimum atomic E-state index is -4.70. The molecule has 1 rings (SSSR count). The van der Waals surface area contributed by atoms with E-state index >= 15 is 0 Å². The van der Waals surface area contributed by atoms with E-state index in [9.17, 15) is 27.9 Å². The van der Waals surface area contributed by atoms with E-state index in [2.05, 4.69) is 9.47 Å². The Morgan fingerprint density at radius 3 is 2.41 bits per heavy atom. The van der Waals surface area contributed by atoms with Crippen LogP contribution in [-0.4, -0.2) is 30.1 Å². The first-order valence-corrected chi connectivity index (χ1v) is 6.06. The van der Waals surface area contributed by atoms with Gasteiger partial charge >= 0.3 is 18.2 Å². The topological polar surface area (TPSA) is 98.8 Å². The van der Waals surface area contributed by atoms with Gasteiger partial charge in [0.2, 0.25) is 6.29 Å². The van der Waals surface area contributed by atoms with Crippen LogP contribution in [0, 0.1) is 0 Å². The highest BCUT2D eigenvalue weighted by Crippen LogP contribution is 2.36. The molecule has 6 nitrogen and oxygen atoms in total. The molecule has 1 aromatic carbocycles. The predicted octanol–water partition coefficient (Wildman–Crippen LogP) is 1.77. The van der Waals surface area contributed by atoms with Gasteiger partial charge in [0.25, 0.3) is 0 Å². The molecule has 0 aliphatic heterocycles. The molecule has 2 unspecified atom stereocenters. The summed E-state index contributed by atoms with van der Waals surface area (Å²) in [6, 6.07) is 4.36. The molecule has 1 amide bonds. The average molecular weight is 321 g/mol. The van der Waals surface area contributed by atoms with E-state index < -0.39 is 42.6 Å². The van der Waals surface area contributed by atoms with Crippen LogP contribution in [0.25, 0.3) is 0 Å². The second kappa shape index (κ2) is 7.12. The Labute approximate surface area is 123 Å². The van der Waals surface area contributed by atoms with Crippen LogP contribution < -0.4 is 5.73 Å². The lowest BCUT2D eigenvalue weighted by molar-refractivity contribution is -0.146. The number of alkyl halides is 3. The summed E-state index contributed by atoms with van der Waals surface area (Å²) in [5.41, 5.74) is 3.31. The van der Waals surface area contributed by atoms with Gasteiger partial charge in [0.1, 0.15) is 6.61 Å². The third kappa shape index (κ3) is 4.92. The first-order valence-electron chi connectivity index (χ1n) is 6.06. The van der Waals surface area contributed by atoms with Crippen LogP contribution in [0.3, 0.4) is 0 Å². The molecule has 0 aliphatic rings. The molecule has 1 aromatic rings. The van der Waals surface area contributed by atoms with Crippen LogP contribution >= 0.6 is 0 Å². The number of rotatable bonds is 5. The molecule has 0 fully saturated rings. The zero-order valence-corrected chi connectivity index (χ0v) is 11.5. The Morgan fingerprint density at radius 1 is 1.32 bits per heavy atom. The molecule has 0 saturated carbocycles. The molecule has 122 valence electrons. The fraction of sp³-hybridized carbons (Fsp3) is 0.385. The zero-order valence-electron chi connectivity index (χ0n) is 11.5. The molecule has 0 bridgehead atoms. The minimum absolute atomic E-state index is 0.384. The maximum Gasteiger partial charge on any atom is 0.416 e. The summed E-state index contributed by atoms with van der Waals surface area (Å²) >= 11 is 0. The molecule has 22 heavy (non-hydrogen) atoms. The fourth-order valence-corrected chi connectivity index (χ4v) is 1.81. The number of nitrogens with two attached hydrogens (primary N) is 1. The lowest BCUT2D eigenvalue weighted by Crippen LogP contribution is -2.32. The van der Waals surface area contributed by atoms with Crippen molar-refractivity contribution in [1.82, 2.24) is 0 Å². The van der Waals surface area contributed by atoms with Crippen molar-refractivity contribution in [2.24, 2.45) is 5.73 Å². The number of carbonyl (C=O) groups excluding carboxylic acids is 2. The highest BCUT2D eigenvalue weighted by molar-refractivity contribution is 5.66. The van der Waals surface area contributed by atoms with Crippen molar-refractivity contribution in [1.29, 1.82) is 0 Å². The van der Waals surface area contributed by atoms with Gasteiger partial charge in [-0.25, -0.2) is 4.79 Å². The van der Waals surface area contributed by atoms with Gasteiger partial charge in [-0.1, -0.05) is 18.2 Å². The fourth-order valence-electron chi connectivity index (χ4n) is 1.81. The van der Waals surface area contributed by atoms with E-state index in [0.29, 0.717) is 0 Å². The van der Waals surface area contributed by atoms with Crippen LogP contribution in [0.1, 0.15) is 24.0 Å². The summed E-state index contributed by atoms with van der Waals surface area (Å²) in [4.78, 5) is 21.5. The summed E-state index contributed by atoms with van der Waals surface area (Å²) in [6.45, 7) is 0.435. The monoisotopic (exact) mass is 321 g/mol. The van der Waals surface area contributed by atoms with Gasteiger partial charge in [-0.2, -0.15) is 13.2 Å². The molecule has 0 spiro atoms. The second-order valence-corrected chi connectivity index (χ2v) is 4.32. The molecule has 9 heteroatoms. The average Bonchev–Trinajstić information content (AvgIpc) is 2.37. The summed E-state index contributed by atoms with van der Waals surface area (Å²) in [5.74, 6) is -2.20.